The highest BCUT2D eigenvalue weighted by molar-refractivity contribution is 5.77. The predicted molar refractivity (Wildman–Crippen MR) is 131 cm³/mol. The average Bonchev–Trinajstić information content (AvgIpc) is 2.76. The molecule has 1 aromatic carbocycles. The molecule has 6 heteroatoms. The maximum Gasteiger partial charge on any atom is 0.224 e. The summed E-state index contributed by atoms with van der Waals surface area (Å²) in [5.41, 5.74) is 1.38. The quantitative estimate of drug-likeness (QED) is 0.302. The molecule has 33 heavy (non-hydrogen) atoms. The van der Waals surface area contributed by atoms with E-state index in [2.05, 4.69) is 58.0 Å². The summed E-state index contributed by atoms with van der Waals surface area (Å²) in [5, 5.41) is 0. The van der Waals surface area contributed by atoms with Gasteiger partial charge in [-0.05, 0) is 29.7 Å². The lowest BCUT2D eigenvalue weighted by Crippen LogP contribution is -2.53. The van der Waals surface area contributed by atoms with Gasteiger partial charge in [-0.2, -0.15) is 0 Å². The van der Waals surface area contributed by atoms with Crippen LogP contribution in [0.3, 0.4) is 0 Å². The van der Waals surface area contributed by atoms with Gasteiger partial charge in [0.1, 0.15) is 0 Å². The Balaban J connectivity index is 1.42. The molecule has 0 bridgehead atoms. The number of benzene rings is 1. The van der Waals surface area contributed by atoms with Gasteiger partial charge in [-0.15, -0.1) is 0 Å². The van der Waals surface area contributed by atoms with Crippen LogP contribution in [0.5, 0.6) is 0 Å². The molecule has 0 spiro atoms. The zero-order valence-electron chi connectivity index (χ0n) is 21.2. The Labute approximate surface area is 200 Å². The lowest BCUT2D eigenvalue weighted by atomic mass is 9.74. The summed E-state index contributed by atoms with van der Waals surface area (Å²) < 4.78 is 22.0. The molecule has 0 N–H and O–H groups in total. The van der Waals surface area contributed by atoms with Crippen LogP contribution in [0.25, 0.3) is 0 Å². The van der Waals surface area contributed by atoms with Crippen LogP contribution in [-0.4, -0.2) is 76.8 Å². The molecule has 0 aliphatic carbocycles. The number of ether oxygens (including phenoxy) is 4. The molecule has 1 saturated heterocycles. The minimum absolute atomic E-state index is 0.187. The van der Waals surface area contributed by atoms with Crippen molar-refractivity contribution in [1.29, 1.82) is 0 Å². The normalized spacial score (nSPS) is 15.3. The van der Waals surface area contributed by atoms with E-state index in [1.807, 2.05) is 4.90 Å². The number of amides is 1. The van der Waals surface area contributed by atoms with Crippen LogP contribution in [0.1, 0.15) is 52.0 Å². The number of likely N-dealkylation sites (tertiary alicyclic amines) is 1. The van der Waals surface area contributed by atoms with Crippen LogP contribution < -0.4 is 0 Å². The molecule has 1 aromatic rings. The monoisotopic (exact) mass is 463 g/mol. The van der Waals surface area contributed by atoms with Gasteiger partial charge in [-0.3, -0.25) is 4.79 Å². The molecular weight excluding hydrogens is 418 g/mol. The summed E-state index contributed by atoms with van der Waals surface area (Å²) in [4.78, 5) is 14.4. The summed E-state index contributed by atoms with van der Waals surface area (Å²) in [5.74, 6) is 2.47. The van der Waals surface area contributed by atoms with E-state index in [0.29, 0.717) is 76.3 Å². The largest absolute Gasteiger partial charge is 0.379 e. The molecule has 0 radical (unpaired) electrons. The molecule has 1 atom stereocenters. The number of nitrogens with zero attached hydrogens (tertiary/aromatic N) is 1. The van der Waals surface area contributed by atoms with Gasteiger partial charge < -0.3 is 23.8 Å². The molecule has 1 amide bonds. The van der Waals surface area contributed by atoms with E-state index in [1.54, 1.807) is 0 Å². The van der Waals surface area contributed by atoms with Crippen molar-refractivity contribution in [3.8, 4) is 0 Å². The summed E-state index contributed by atoms with van der Waals surface area (Å²) >= 11 is 0. The first-order valence-electron chi connectivity index (χ1n) is 12.6. The highest BCUT2D eigenvalue weighted by Gasteiger charge is 2.37. The van der Waals surface area contributed by atoms with E-state index < -0.39 is 0 Å². The lowest BCUT2D eigenvalue weighted by molar-refractivity contribution is -0.139. The van der Waals surface area contributed by atoms with Gasteiger partial charge in [0.25, 0.3) is 0 Å². The minimum Gasteiger partial charge on any atom is -0.379 e. The molecule has 1 fully saturated rings. The maximum absolute atomic E-state index is 12.4. The third-order valence-corrected chi connectivity index (χ3v) is 6.09. The molecular formula is C27H45NO5. The highest BCUT2D eigenvalue weighted by Crippen LogP contribution is 2.37. The Hall–Kier alpha value is -1.47. The van der Waals surface area contributed by atoms with Crippen molar-refractivity contribution in [1.82, 2.24) is 4.90 Å². The van der Waals surface area contributed by atoms with Crippen molar-refractivity contribution in [2.24, 2.45) is 17.8 Å². The Morgan fingerprint density at radius 1 is 0.818 bits per heavy atom. The zero-order chi connectivity index (χ0) is 23.9. The first-order valence-corrected chi connectivity index (χ1v) is 12.6. The van der Waals surface area contributed by atoms with Crippen molar-refractivity contribution < 1.29 is 23.7 Å². The molecule has 1 aliphatic rings. The van der Waals surface area contributed by atoms with E-state index in [-0.39, 0.29) is 5.91 Å². The van der Waals surface area contributed by atoms with Gasteiger partial charge in [0, 0.05) is 25.6 Å². The summed E-state index contributed by atoms with van der Waals surface area (Å²) in [7, 11) is 0. The maximum atomic E-state index is 12.4. The van der Waals surface area contributed by atoms with Gasteiger partial charge in [-0.1, -0.05) is 58.0 Å². The number of hydrogen-bond acceptors (Lipinski definition) is 5. The zero-order valence-corrected chi connectivity index (χ0v) is 21.2. The fraction of sp³-hybridized carbons (Fsp3) is 0.741. The topological polar surface area (TPSA) is 57.2 Å². The number of carbonyl (C=O) groups excluding carboxylic acids is 1. The second-order valence-corrected chi connectivity index (χ2v) is 9.62. The van der Waals surface area contributed by atoms with Gasteiger partial charge in [0.2, 0.25) is 5.91 Å². The average molecular weight is 464 g/mol. The molecule has 1 heterocycles. The summed E-state index contributed by atoms with van der Waals surface area (Å²) in [6, 6.07) is 10.7. The second kappa shape index (κ2) is 16.2. The predicted octanol–water partition coefficient (Wildman–Crippen LogP) is 4.39. The van der Waals surface area contributed by atoms with Crippen LogP contribution >= 0.6 is 0 Å². The second-order valence-electron chi connectivity index (χ2n) is 9.62. The van der Waals surface area contributed by atoms with E-state index in [4.69, 9.17) is 18.9 Å². The Bertz CT molecular complexity index is 631. The van der Waals surface area contributed by atoms with Crippen LogP contribution in [0, 0.1) is 17.8 Å². The standard InChI is InChI=1S/C27H45NO5/c1-22(2)10-12-30-14-16-32-18-19-33-17-15-31-13-11-26(29)28-20-25(21-28)27(23(3)4)24-8-6-5-7-9-24/h5-9,22-23,25,27H,10-21H2,1-4H3/t27-/m1/s1. The van der Waals surface area contributed by atoms with Crippen LogP contribution in [0.15, 0.2) is 30.3 Å². The lowest BCUT2D eigenvalue weighted by Gasteiger charge is -2.45. The van der Waals surface area contributed by atoms with Crippen LogP contribution in [-0.2, 0) is 23.7 Å². The van der Waals surface area contributed by atoms with E-state index in [0.717, 1.165) is 26.1 Å². The van der Waals surface area contributed by atoms with Crippen LogP contribution in [0.4, 0.5) is 0 Å². The molecule has 0 saturated carbocycles. The Morgan fingerprint density at radius 2 is 1.33 bits per heavy atom. The number of rotatable bonds is 18. The molecule has 188 valence electrons. The van der Waals surface area contributed by atoms with Crippen molar-refractivity contribution in [2.75, 3.05) is 65.9 Å². The van der Waals surface area contributed by atoms with Gasteiger partial charge in [0.15, 0.2) is 0 Å². The summed E-state index contributed by atoms with van der Waals surface area (Å²) in [6.07, 6.45) is 1.52. The highest BCUT2D eigenvalue weighted by atomic mass is 16.6. The fourth-order valence-corrected chi connectivity index (χ4v) is 4.22. The van der Waals surface area contributed by atoms with Crippen molar-refractivity contribution in [2.45, 2.75) is 46.5 Å². The van der Waals surface area contributed by atoms with Crippen molar-refractivity contribution in [3.63, 3.8) is 0 Å². The SMILES string of the molecule is CC(C)CCOCCOCCOCCOCCC(=O)N1CC([C@@H](c2ccccc2)C(C)C)C1. The van der Waals surface area contributed by atoms with Gasteiger partial charge in [-0.25, -0.2) is 0 Å². The van der Waals surface area contributed by atoms with Gasteiger partial charge >= 0.3 is 0 Å². The smallest absolute Gasteiger partial charge is 0.224 e. The minimum atomic E-state index is 0.187. The Kier molecular flexibility index (Phi) is 13.6. The van der Waals surface area contributed by atoms with Crippen LogP contribution in [0.2, 0.25) is 0 Å². The molecule has 2 rings (SSSR count). The number of carbonyl (C=O) groups is 1. The van der Waals surface area contributed by atoms with E-state index >= 15 is 0 Å². The van der Waals surface area contributed by atoms with Crippen molar-refractivity contribution in [3.05, 3.63) is 35.9 Å². The Morgan fingerprint density at radius 3 is 1.85 bits per heavy atom. The number of hydrogen-bond donors (Lipinski definition) is 0. The molecule has 6 nitrogen and oxygen atoms in total. The van der Waals surface area contributed by atoms with E-state index in [9.17, 15) is 4.79 Å². The van der Waals surface area contributed by atoms with Gasteiger partial charge in [0.05, 0.1) is 52.7 Å². The summed E-state index contributed by atoms with van der Waals surface area (Å²) in [6.45, 7) is 15.2. The molecule has 0 aromatic heterocycles. The fourth-order valence-electron chi connectivity index (χ4n) is 4.22. The molecule has 1 aliphatic heterocycles. The molecule has 0 unspecified atom stereocenters. The third-order valence-electron chi connectivity index (χ3n) is 6.09. The third kappa shape index (κ3) is 11.0. The first kappa shape index (κ1) is 27.8. The first-order chi connectivity index (χ1) is 16.0. The van der Waals surface area contributed by atoms with E-state index in [1.165, 1.54) is 5.56 Å². The van der Waals surface area contributed by atoms with Crippen molar-refractivity contribution >= 4 is 5.91 Å².